The Bertz CT molecular complexity index is 297. The molecule has 2 nitrogen and oxygen atoms in total. The molecule has 0 aliphatic carbocycles. The molecule has 0 spiro atoms. The summed E-state index contributed by atoms with van der Waals surface area (Å²) in [5.41, 5.74) is 1.33. The van der Waals surface area contributed by atoms with Gasteiger partial charge in [-0.1, -0.05) is 44.2 Å². The Balaban J connectivity index is 2.23. The van der Waals surface area contributed by atoms with Gasteiger partial charge >= 0.3 is 0 Å². The Morgan fingerprint density at radius 2 is 1.82 bits per heavy atom. The lowest BCUT2D eigenvalue weighted by molar-refractivity contribution is 0.124. The molecule has 96 valence electrons. The van der Waals surface area contributed by atoms with Gasteiger partial charge in [-0.2, -0.15) is 0 Å². The second-order valence-electron chi connectivity index (χ2n) is 5.30. The van der Waals surface area contributed by atoms with E-state index in [1.807, 2.05) is 6.07 Å². The van der Waals surface area contributed by atoms with Gasteiger partial charge in [-0.05, 0) is 31.4 Å². The van der Waals surface area contributed by atoms with Gasteiger partial charge in [0.1, 0.15) is 0 Å². The number of aliphatic hydroxyl groups excluding tert-OH is 1. The van der Waals surface area contributed by atoms with Crippen LogP contribution in [0.4, 0.5) is 0 Å². The summed E-state index contributed by atoms with van der Waals surface area (Å²) in [7, 11) is 2.11. The van der Waals surface area contributed by atoms with Gasteiger partial charge in [0.2, 0.25) is 0 Å². The zero-order valence-corrected chi connectivity index (χ0v) is 11.3. The molecule has 0 saturated carbocycles. The lowest BCUT2D eigenvalue weighted by atomic mass is 10.0. The van der Waals surface area contributed by atoms with Crippen LogP contribution in [0.1, 0.15) is 32.3 Å². The third kappa shape index (κ3) is 6.44. The molecule has 0 saturated heterocycles. The van der Waals surface area contributed by atoms with Crippen LogP contribution in [0, 0.1) is 5.92 Å². The lowest BCUT2D eigenvalue weighted by Crippen LogP contribution is -2.23. The van der Waals surface area contributed by atoms with E-state index in [9.17, 15) is 5.11 Å². The highest BCUT2D eigenvalue weighted by molar-refractivity contribution is 5.14. The van der Waals surface area contributed by atoms with Crippen molar-refractivity contribution in [1.82, 2.24) is 4.90 Å². The minimum atomic E-state index is -0.159. The van der Waals surface area contributed by atoms with E-state index in [1.165, 1.54) is 5.56 Å². The van der Waals surface area contributed by atoms with Gasteiger partial charge in [0.05, 0.1) is 6.10 Å². The van der Waals surface area contributed by atoms with Crippen LogP contribution in [0.3, 0.4) is 0 Å². The standard InChI is InChI=1S/C15H25NO/c1-13(2)11-15(17)9-10-16(3)12-14-7-5-4-6-8-14/h4-8,13,15,17H,9-12H2,1-3H3. The first-order valence-corrected chi connectivity index (χ1v) is 6.48. The molecule has 1 aromatic carbocycles. The molecule has 0 bridgehead atoms. The van der Waals surface area contributed by atoms with E-state index in [4.69, 9.17) is 0 Å². The Hall–Kier alpha value is -0.860. The maximum Gasteiger partial charge on any atom is 0.0554 e. The first kappa shape index (κ1) is 14.2. The molecular formula is C15H25NO. The molecule has 17 heavy (non-hydrogen) atoms. The zero-order valence-electron chi connectivity index (χ0n) is 11.3. The van der Waals surface area contributed by atoms with Crippen molar-refractivity contribution in [1.29, 1.82) is 0 Å². The Morgan fingerprint density at radius 1 is 1.18 bits per heavy atom. The van der Waals surface area contributed by atoms with Gasteiger partial charge < -0.3 is 10.0 Å². The molecule has 2 heteroatoms. The topological polar surface area (TPSA) is 23.5 Å². The first-order chi connectivity index (χ1) is 8.08. The first-order valence-electron chi connectivity index (χ1n) is 6.48. The van der Waals surface area contributed by atoms with E-state index in [1.54, 1.807) is 0 Å². The Morgan fingerprint density at radius 3 is 2.41 bits per heavy atom. The number of hydrogen-bond acceptors (Lipinski definition) is 2. The average molecular weight is 235 g/mol. The van der Waals surface area contributed by atoms with E-state index in [0.29, 0.717) is 5.92 Å². The number of rotatable bonds is 7. The molecule has 0 heterocycles. The number of aliphatic hydroxyl groups is 1. The zero-order chi connectivity index (χ0) is 12.7. The third-order valence-electron chi connectivity index (χ3n) is 2.88. The Kier molecular flexibility index (Phi) is 6.23. The summed E-state index contributed by atoms with van der Waals surface area (Å²) in [6.45, 7) is 6.20. The monoisotopic (exact) mass is 235 g/mol. The van der Waals surface area contributed by atoms with Crippen molar-refractivity contribution in [2.24, 2.45) is 5.92 Å². The van der Waals surface area contributed by atoms with Gasteiger partial charge in [-0.3, -0.25) is 0 Å². The minimum Gasteiger partial charge on any atom is -0.393 e. The molecule has 1 aromatic rings. The lowest BCUT2D eigenvalue weighted by Gasteiger charge is -2.19. The third-order valence-corrected chi connectivity index (χ3v) is 2.88. The highest BCUT2D eigenvalue weighted by Gasteiger charge is 2.08. The number of hydrogen-bond donors (Lipinski definition) is 1. The summed E-state index contributed by atoms with van der Waals surface area (Å²) in [6.07, 6.45) is 1.61. The van der Waals surface area contributed by atoms with E-state index >= 15 is 0 Å². The predicted octanol–water partition coefficient (Wildman–Crippen LogP) is 2.92. The van der Waals surface area contributed by atoms with E-state index in [-0.39, 0.29) is 6.10 Å². The second kappa shape index (κ2) is 7.46. The van der Waals surface area contributed by atoms with Crippen LogP contribution in [0.25, 0.3) is 0 Å². The van der Waals surface area contributed by atoms with E-state index in [0.717, 1.165) is 25.9 Å². The molecule has 1 rings (SSSR count). The fourth-order valence-electron chi connectivity index (χ4n) is 2.01. The van der Waals surface area contributed by atoms with Crippen molar-refractivity contribution in [3.05, 3.63) is 35.9 Å². The van der Waals surface area contributed by atoms with Crippen LogP contribution in [0.15, 0.2) is 30.3 Å². The van der Waals surface area contributed by atoms with Gasteiger partial charge in [0, 0.05) is 13.1 Å². The normalized spacial score (nSPS) is 13.3. The van der Waals surface area contributed by atoms with E-state index in [2.05, 4.69) is 50.1 Å². The summed E-state index contributed by atoms with van der Waals surface area (Å²) in [6, 6.07) is 10.4. The highest BCUT2D eigenvalue weighted by Crippen LogP contribution is 2.09. The fourth-order valence-corrected chi connectivity index (χ4v) is 2.01. The van der Waals surface area contributed by atoms with Crippen LogP contribution < -0.4 is 0 Å². The fraction of sp³-hybridized carbons (Fsp3) is 0.600. The molecule has 1 unspecified atom stereocenters. The molecule has 0 aromatic heterocycles. The smallest absolute Gasteiger partial charge is 0.0554 e. The molecule has 0 fully saturated rings. The summed E-state index contributed by atoms with van der Waals surface area (Å²) in [5.74, 6) is 0.574. The van der Waals surface area contributed by atoms with E-state index < -0.39 is 0 Å². The van der Waals surface area contributed by atoms with Crippen molar-refractivity contribution >= 4 is 0 Å². The van der Waals surface area contributed by atoms with Crippen molar-refractivity contribution in [3.63, 3.8) is 0 Å². The predicted molar refractivity (Wildman–Crippen MR) is 72.9 cm³/mol. The molecule has 0 aliphatic rings. The maximum atomic E-state index is 9.81. The van der Waals surface area contributed by atoms with Crippen LogP contribution in [-0.2, 0) is 6.54 Å². The summed E-state index contributed by atoms with van der Waals surface area (Å²) in [5, 5.41) is 9.81. The molecule has 0 aliphatic heterocycles. The molecule has 1 N–H and O–H groups in total. The van der Waals surface area contributed by atoms with Crippen LogP contribution in [0.2, 0.25) is 0 Å². The van der Waals surface area contributed by atoms with Crippen LogP contribution in [0.5, 0.6) is 0 Å². The van der Waals surface area contributed by atoms with Crippen molar-refractivity contribution in [2.45, 2.75) is 39.3 Å². The Labute approximate surface area is 105 Å². The van der Waals surface area contributed by atoms with Crippen molar-refractivity contribution in [2.75, 3.05) is 13.6 Å². The molecule has 0 radical (unpaired) electrons. The second-order valence-corrected chi connectivity index (χ2v) is 5.30. The quantitative estimate of drug-likeness (QED) is 0.785. The average Bonchev–Trinajstić information content (AvgIpc) is 2.27. The van der Waals surface area contributed by atoms with Gasteiger partial charge in [0.25, 0.3) is 0 Å². The SMILES string of the molecule is CC(C)CC(O)CCN(C)Cc1ccccc1. The van der Waals surface area contributed by atoms with Gasteiger partial charge in [0.15, 0.2) is 0 Å². The summed E-state index contributed by atoms with van der Waals surface area (Å²) in [4.78, 5) is 2.26. The largest absolute Gasteiger partial charge is 0.393 e. The van der Waals surface area contributed by atoms with Crippen LogP contribution >= 0.6 is 0 Å². The van der Waals surface area contributed by atoms with Gasteiger partial charge in [-0.25, -0.2) is 0 Å². The van der Waals surface area contributed by atoms with Gasteiger partial charge in [-0.15, -0.1) is 0 Å². The molecular weight excluding hydrogens is 210 g/mol. The summed E-state index contributed by atoms with van der Waals surface area (Å²) < 4.78 is 0. The molecule has 0 amide bonds. The highest BCUT2D eigenvalue weighted by atomic mass is 16.3. The number of benzene rings is 1. The van der Waals surface area contributed by atoms with Crippen LogP contribution in [-0.4, -0.2) is 29.7 Å². The maximum absolute atomic E-state index is 9.81. The number of nitrogens with zero attached hydrogens (tertiary/aromatic N) is 1. The minimum absolute atomic E-state index is 0.159. The summed E-state index contributed by atoms with van der Waals surface area (Å²) >= 11 is 0. The van der Waals surface area contributed by atoms with Crippen molar-refractivity contribution in [3.8, 4) is 0 Å². The van der Waals surface area contributed by atoms with Crippen molar-refractivity contribution < 1.29 is 5.11 Å². The molecule has 1 atom stereocenters.